The lowest BCUT2D eigenvalue weighted by Gasteiger charge is -2.13. The highest BCUT2D eigenvalue weighted by atomic mass is 35.5. The van der Waals surface area contributed by atoms with Crippen molar-refractivity contribution in [1.29, 1.82) is 0 Å². The molecule has 1 aromatic carbocycles. The van der Waals surface area contributed by atoms with Crippen LogP contribution in [0.4, 0.5) is 0 Å². The SMILES string of the molecule is O=C(NCC1CCCO1)C1CC(c2ccc(Cl)cc2)=NO1. The molecule has 0 radical (unpaired) electrons. The van der Waals surface area contributed by atoms with E-state index in [2.05, 4.69) is 10.5 Å². The van der Waals surface area contributed by atoms with Gasteiger partial charge in [-0.05, 0) is 30.5 Å². The molecule has 5 nitrogen and oxygen atoms in total. The summed E-state index contributed by atoms with van der Waals surface area (Å²) in [6.07, 6.45) is 2.10. The van der Waals surface area contributed by atoms with Crippen LogP contribution >= 0.6 is 11.6 Å². The topological polar surface area (TPSA) is 59.9 Å². The maximum Gasteiger partial charge on any atom is 0.264 e. The third kappa shape index (κ3) is 3.54. The number of nitrogens with one attached hydrogen (secondary N) is 1. The van der Waals surface area contributed by atoms with Crippen LogP contribution in [0.15, 0.2) is 29.4 Å². The molecule has 0 aliphatic carbocycles. The van der Waals surface area contributed by atoms with Crippen LogP contribution in [0.5, 0.6) is 0 Å². The molecular formula is C15H17ClN2O3. The summed E-state index contributed by atoms with van der Waals surface area (Å²) in [6, 6.07) is 7.34. The molecule has 3 rings (SSSR count). The minimum Gasteiger partial charge on any atom is -0.382 e. The summed E-state index contributed by atoms with van der Waals surface area (Å²) >= 11 is 5.85. The number of carbonyl (C=O) groups is 1. The van der Waals surface area contributed by atoms with Crippen LogP contribution in [0.3, 0.4) is 0 Å². The average molecular weight is 309 g/mol. The van der Waals surface area contributed by atoms with Crippen LogP contribution in [-0.2, 0) is 14.4 Å². The van der Waals surface area contributed by atoms with Gasteiger partial charge in [-0.25, -0.2) is 0 Å². The fraction of sp³-hybridized carbons (Fsp3) is 0.467. The molecule has 1 saturated heterocycles. The first-order valence-electron chi connectivity index (χ1n) is 7.10. The molecule has 1 fully saturated rings. The number of rotatable bonds is 4. The van der Waals surface area contributed by atoms with Crippen molar-refractivity contribution in [2.45, 2.75) is 31.5 Å². The minimum absolute atomic E-state index is 0.131. The van der Waals surface area contributed by atoms with Gasteiger partial charge in [0.1, 0.15) is 0 Å². The van der Waals surface area contributed by atoms with Crippen LogP contribution in [0, 0.1) is 0 Å². The molecule has 0 bridgehead atoms. The number of oxime groups is 1. The third-order valence-corrected chi connectivity index (χ3v) is 3.92. The summed E-state index contributed by atoms with van der Waals surface area (Å²) in [4.78, 5) is 17.3. The zero-order chi connectivity index (χ0) is 14.7. The molecule has 112 valence electrons. The van der Waals surface area contributed by atoms with Crippen molar-refractivity contribution >= 4 is 23.2 Å². The highest BCUT2D eigenvalue weighted by molar-refractivity contribution is 6.30. The highest BCUT2D eigenvalue weighted by Gasteiger charge is 2.29. The monoisotopic (exact) mass is 308 g/mol. The number of ether oxygens (including phenoxy) is 1. The van der Waals surface area contributed by atoms with E-state index in [1.54, 1.807) is 12.1 Å². The van der Waals surface area contributed by atoms with Gasteiger partial charge in [-0.3, -0.25) is 4.79 Å². The first-order valence-corrected chi connectivity index (χ1v) is 7.48. The van der Waals surface area contributed by atoms with Crippen molar-refractivity contribution in [3.63, 3.8) is 0 Å². The van der Waals surface area contributed by atoms with Gasteiger partial charge in [0.25, 0.3) is 5.91 Å². The van der Waals surface area contributed by atoms with Gasteiger partial charge >= 0.3 is 0 Å². The molecule has 0 spiro atoms. The summed E-state index contributed by atoms with van der Waals surface area (Å²) in [5.41, 5.74) is 1.69. The Balaban J connectivity index is 1.50. The van der Waals surface area contributed by atoms with Crippen LogP contribution in [0.25, 0.3) is 0 Å². The minimum atomic E-state index is -0.558. The molecule has 0 saturated carbocycles. The molecule has 1 N–H and O–H groups in total. The van der Waals surface area contributed by atoms with Gasteiger partial charge in [-0.15, -0.1) is 0 Å². The predicted molar refractivity (Wildman–Crippen MR) is 79.5 cm³/mol. The van der Waals surface area contributed by atoms with Gasteiger partial charge in [0, 0.05) is 24.6 Å². The van der Waals surface area contributed by atoms with Crippen molar-refractivity contribution < 1.29 is 14.4 Å². The standard InChI is InChI=1S/C15H17ClN2O3/c16-11-5-3-10(4-6-11)13-8-14(21-18-13)15(19)17-9-12-2-1-7-20-12/h3-6,12,14H,1-2,7-9H2,(H,17,19). The zero-order valence-corrected chi connectivity index (χ0v) is 12.3. The normalized spacial score (nSPS) is 24.5. The summed E-state index contributed by atoms with van der Waals surface area (Å²) in [5.74, 6) is -0.141. The first kappa shape index (κ1) is 14.4. The molecule has 0 aromatic heterocycles. The molecule has 2 unspecified atom stereocenters. The number of carbonyl (C=O) groups excluding carboxylic acids is 1. The Hall–Kier alpha value is -1.59. The van der Waals surface area contributed by atoms with Crippen molar-refractivity contribution in [2.75, 3.05) is 13.2 Å². The van der Waals surface area contributed by atoms with Gasteiger partial charge in [0.05, 0.1) is 11.8 Å². The smallest absolute Gasteiger partial charge is 0.264 e. The van der Waals surface area contributed by atoms with E-state index < -0.39 is 6.10 Å². The molecular weight excluding hydrogens is 292 g/mol. The molecule has 6 heteroatoms. The van der Waals surface area contributed by atoms with Crippen molar-refractivity contribution in [3.8, 4) is 0 Å². The van der Waals surface area contributed by atoms with E-state index in [1.807, 2.05) is 12.1 Å². The summed E-state index contributed by atoms with van der Waals surface area (Å²) in [7, 11) is 0. The highest BCUT2D eigenvalue weighted by Crippen LogP contribution is 2.19. The lowest BCUT2D eigenvalue weighted by molar-refractivity contribution is -0.131. The van der Waals surface area contributed by atoms with E-state index in [0.717, 1.165) is 30.7 Å². The van der Waals surface area contributed by atoms with Gasteiger partial charge < -0.3 is 14.9 Å². The van der Waals surface area contributed by atoms with Crippen LogP contribution in [-0.4, -0.2) is 37.0 Å². The number of halogens is 1. The second-order valence-corrected chi connectivity index (χ2v) is 5.66. The van der Waals surface area contributed by atoms with Crippen LogP contribution in [0.2, 0.25) is 5.02 Å². The molecule has 1 aromatic rings. The zero-order valence-electron chi connectivity index (χ0n) is 11.5. The Morgan fingerprint density at radius 3 is 2.90 bits per heavy atom. The average Bonchev–Trinajstić information content (AvgIpc) is 3.17. The second kappa shape index (κ2) is 6.45. The van der Waals surface area contributed by atoms with E-state index in [4.69, 9.17) is 21.2 Å². The molecule has 2 heterocycles. The Kier molecular flexibility index (Phi) is 4.41. The predicted octanol–water partition coefficient (Wildman–Crippen LogP) is 2.13. The van der Waals surface area contributed by atoms with E-state index in [-0.39, 0.29) is 12.0 Å². The fourth-order valence-corrected chi connectivity index (χ4v) is 2.59. The van der Waals surface area contributed by atoms with E-state index in [9.17, 15) is 4.79 Å². The van der Waals surface area contributed by atoms with Gasteiger partial charge in [0.15, 0.2) is 0 Å². The molecule has 2 aliphatic rings. The number of benzene rings is 1. The quantitative estimate of drug-likeness (QED) is 0.927. The fourth-order valence-electron chi connectivity index (χ4n) is 2.46. The summed E-state index contributed by atoms with van der Waals surface area (Å²) < 4.78 is 5.47. The van der Waals surface area contributed by atoms with Crippen molar-refractivity contribution in [1.82, 2.24) is 5.32 Å². The number of hydrogen-bond donors (Lipinski definition) is 1. The third-order valence-electron chi connectivity index (χ3n) is 3.67. The molecule has 2 atom stereocenters. The Morgan fingerprint density at radius 1 is 1.38 bits per heavy atom. The van der Waals surface area contributed by atoms with Crippen molar-refractivity contribution in [2.24, 2.45) is 5.16 Å². The second-order valence-electron chi connectivity index (χ2n) is 5.22. The Labute approximate surface area is 128 Å². The number of nitrogens with zero attached hydrogens (tertiary/aromatic N) is 1. The largest absolute Gasteiger partial charge is 0.382 e. The van der Waals surface area contributed by atoms with E-state index in [0.29, 0.717) is 18.0 Å². The van der Waals surface area contributed by atoms with Gasteiger partial charge in [-0.1, -0.05) is 28.9 Å². The van der Waals surface area contributed by atoms with Gasteiger partial charge in [0.2, 0.25) is 6.10 Å². The lowest BCUT2D eigenvalue weighted by atomic mass is 10.0. The van der Waals surface area contributed by atoms with Crippen LogP contribution in [0.1, 0.15) is 24.8 Å². The van der Waals surface area contributed by atoms with E-state index in [1.165, 1.54) is 0 Å². The lowest BCUT2D eigenvalue weighted by Crippen LogP contribution is -2.39. The first-order chi connectivity index (χ1) is 10.2. The maximum absolute atomic E-state index is 12.0. The maximum atomic E-state index is 12.0. The summed E-state index contributed by atoms with van der Waals surface area (Å²) in [6.45, 7) is 1.32. The molecule has 1 amide bonds. The molecule has 2 aliphatic heterocycles. The summed E-state index contributed by atoms with van der Waals surface area (Å²) in [5, 5.41) is 7.53. The van der Waals surface area contributed by atoms with E-state index >= 15 is 0 Å². The van der Waals surface area contributed by atoms with Crippen LogP contribution < -0.4 is 5.32 Å². The Morgan fingerprint density at radius 2 is 2.19 bits per heavy atom. The van der Waals surface area contributed by atoms with Gasteiger partial charge in [-0.2, -0.15) is 0 Å². The number of hydrogen-bond acceptors (Lipinski definition) is 4. The van der Waals surface area contributed by atoms with Crippen molar-refractivity contribution in [3.05, 3.63) is 34.9 Å². The Bertz CT molecular complexity index is 538. The molecule has 21 heavy (non-hydrogen) atoms. The number of amides is 1.